The summed E-state index contributed by atoms with van der Waals surface area (Å²) in [5.74, 6) is -0.00185. The number of rotatable bonds is 9. The van der Waals surface area contributed by atoms with Crippen LogP contribution in [0.2, 0.25) is 0 Å². The van der Waals surface area contributed by atoms with Crippen molar-refractivity contribution in [3.05, 3.63) is 83.7 Å². The van der Waals surface area contributed by atoms with Crippen LogP contribution in [-0.4, -0.2) is 34.6 Å². The second-order valence-electron chi connectivity index (χ2n) is 8.32. The largest absolute Gasteiger partial charge is 0.494 e. The quantitative estimate of drug-likeness (QED) is 0.216. The summed E-state index contributed by atoms with van der Waals surface area (Å²) in [6.45, 7) is 4.30. The van der Waals surface area contributed by atoms with Crippen molar-refractivity contribution < 1.29 is 23.5 Å². The van der Waals surface area contributed by atoms with Crippen molar-refractivity contribution in [2.24, 2.45) is 0 Å². The average molecular weight is 528 g/mol. The third kappa shape index (κ3) is 5.42. The first-order valence-corrected chi connectivity index (χ1v) is 13.1. The third-order valence-corrected chi connectivity index (χ3v) is 6.54. The van der Waals surface area contributed by atoms with Gasteiger partial charge in [-0.2, -0.15) is 0 Å². The van der Waals surface area contributed by atoms with Crippen LogP contribution in [0.3, 0.4) is 0 Å². The minimum atomic E-state index is -1.00. The number of carbonyl (C=O) groups excluding carboxylic acids is 2. The predicted octanol–water partition coefficient (Wildman–Crippen LogP) is 6.59. The number of oxazole rings is 1. The molecule has 8 nitrogen and oxygen atoms in total. The monoisotopic (exact) mass is 527 g/mol. The molecular weight excluding hydrogens is 502 g/mol. The number of nitrogens with one attached hydrogen (secondary N) is 1. The first-order chi connectivity index (χ1) is 18.6. The molecule has 5 aromatic rings. The molecule has 1 unspecified atom stereocenters. The van der Waals surface area contributed by atoms with Gasteiger partial charge in [0.25, 0.3) is 5.91 Å². The van der Waals surface area contributed by atoms with Crippen molar-refractivity contribution in [1.82, 2.24) is 9.97 Å². The number of carbonyl (C=O) groups is 2. The summed E-state index contributed by atoms with van der Waals surface area (Å²) in [6.07, 6.45) is -0.711. The summed E-state index contributed by atoms with van der Waals surface area (Å²) in [7, 11) is 0. The maximum Gasteiger partial charge on any atom is 0.339 e. The maximum atomic E-state index is 13.1. The van der Waals surface area contributed by atoms with E-state index in [1.165, 1.54) is 11.3 Å². The number of amides is 1. The fourth-order valence-electron chi connectivity index (χ4n) is 3.89. The second kappa shape index (κ2) is 11.3. The van der Waals surface area contributed by atoms with Gasteiger partial charge in [0, 0.05) is 10.9 Å². The van der Waals surface area contributed by atoms with Crippen LogP contribution >= 0.6 is 11.3 Å². The van der Waals surface area contributed by atoms with Crippen LogP contribution < -0.4 is 10.1 Å². The summed E-state index contributed by atoms with van der Waals surface area (Å²) >= 11 is 1.30. The van der Waals surface area contributed by atoms with Crippen molar-refractivity contribution in [2.75, 3.05) is 11.9 Å². The van der Waals surface area contributed by atoms with Crippen LogP contribution in [0, 0.1) is 0 Å². The lowest BCUT2D eigenvalue weighted by atomic mass is 10.1. The lowest BCUT2D eigenvalue weighted by Crippen LogP contribution is -2.32. The number of thiazole rings is 1. The van der Waals surface area contributed by atoms with Crippen LogP contribution in [0.15, 0.2) is 82.6 Å². The summed E-state index contributed by atoms with van der Waals surface area (Å²) in [5.41, 5.74) is 3.68. The van der Waals surface area contributed by atoms with Gasteiger partial charge in [0.15, 0.2) is 16.8 Å². The Morgan fingerprint density at radius 3 is 2.50 bits per heavy atom. The molecule has 0 saturated heterocycles. The third-order valence-electron chi connectivity index (χ3n) is 5.78. The van der Waals surface area contributed by atoms with Crippen molar-refractivity contribution in [1.29, 1.82) is 0 Å². The highest BCUT2D eigenvalue weighted by molar-refractivity contribution is 7.14. The number of esters is 1. The van der Waals surface area contributed by atoms with Crippen molar-refractivity contribution in [3.63, 3.8) is 0 Å². The Morgan fingerprint density at radius 2 is 1.74 bits per heavy atom. The molecule has 3 aromatic carbocycles. The van der Waals surface area contributed by atoms with Crippen molar-refractivity contribution in [2.45, 2.75) is 26.4 Å². The van der Waals surface area contributed by atoms with Crippen molar-refractivity contribution >= 4 is 39.4 Å². The molecule has 0 radical (unpaired) electrons. The number of nitrogens with zero attached hydrogens (tertiary/aromatic N) is 2. The smallest absolute Gasteiger partial charge is 0.339 e. The molecule has 0 bridgehead atoms. The Morgan fingerprint density at radius 1 is 0.974 bits per heavy atom. The number of ether oxygens (including phenoxy) is 2. The summed E-state index contributed by atoms with van der Waals surface area (Å²) in [4.78, 5) is 35.1. The van der Waals surface area contributed by atoms with E-state index in [2.05, 4.69) is 15.3 Å². The van der Waals surface area contributed by atoms with E-state index in [1.54, 1.807) is 31.2 Å². The van der Waals surface area contributed by atoms with Gasteiger partial charge in [-0.3, -0.25) is 10.1 Å². The van der Waals surface area contributed by atoms with Gasteiger partial charge < -0.3 is 13.9 Å². The Kier molecular flexibility index (Phi) is 7.46. The van der Waals surface area contributed by atoms with Crippen molar-refractivity contribution in [3.8, 4) is 28.5 Å². The van der Waals surface area contributed by atoms with Crippen LogP contribution in [0.1, 0.15) is 30.6 Å². The number of benzene rings is 3. The SMILES string of the molecule is CCOc1ccc(-c2csc(NC(=O)C(CC)OC(=O)c3ccccc3-c3nc4ccccc4o3)n2)cc1. The van der Waals surface area contributed by atoms with Gasteiger partial charge in [-0.25, -0.2) is 14.8 Å². The zero-order valence-electron chi connectivity index (χ0n) is 20.8. The minimum absolute atomic E-state index is 0.261. The molecule has 2 aromatic heterocycles. The highest BCUT2D eigenvalue weighted by Gasteiger charge is 2.25. The second-order valence-corrected chi connectivity index (χ2v) is 9.18. The van der Waals surface area contributed by atoms with Gasteiger partial charge in [0.1, 0.15) is 11.3 Å². The van der Waals surface area contributed by atoms with Gasteiger partial charge in [0.05, 0.1) is 23.4 Å². The Labute approximate surface area is 223 Å². The number of anilines is 1. The van der Waals surface area contributed by atoms with Gasteiger partial charge in [0.2, 0.25) is 5.89 Å². The summed E-state index contributed by atoms with van der Waals surface area (Å²) in [5, 5.41) is 5.04. The molecule has 0 aliphatic heterocycles. The standard InChI is InChI=1S/C29H25N3O5S/c1-3-24(26(33)32-29-31-23(17-38-29)18-13-15-19(16-14-18)35-4-2)37-28(34)21-10-6-5-9-20(21)27-30-22-11-7-8-12-25(22)36-27/h5-17,24H,3-4H2,1-2H3,(H,31,32,33). The van der Waals surface area contributed by atoms with E-state index >= 15 is 0 Å². The van der Waals surface area contributed by atoms with Gasteiger partial charge in [-0.15, -0.1) is 11.3 Å². The summed E-state index contributed by atoms with van der Waals surface area (Å²) < 4.78 is 17.0. The molecular formula is C29H25N3O5S. The zero-order valence-corrected chi connectivity index (χ0v) is 21.7. The lowest BCUT2D eigenvalue weighted by molar-refractivity contribution is -0.124. The molecule has 0 aliphatic rings. The fourth-order valence-corrected chi connectivity index (χ4v) is 4.61. The van der Waals surface area contributed by atoms with Crippen LogP contribution in [0.25, 0.3) is 33.8 Å². The molecule has 1 atom stereocenters. The molecule has 192 valence electrons. The predicted molar refractivity (Wildman–Crippen MR) is 146 cm³/mol. The number of fused-ring (bicyclic) bond motifs is 1. The van der Waals surface area contributed by atoms with Gasteiger partial charge in [-0.1, -0.05) is 31.2 Å². The van der Waals surface area contributed by atoms with Crippen LogP contribution in [0.5, 0.6) is 5.75 Å². The number of aromatic nitrogens is 2. The maximum absolute atomic E-state index is 13.1. The normalized spacial score (nSPS) is 11.7. The molecule has 9 heteroatoms. The molecule has 0 spiro atoms. The number of para-hydroxylation sites is 2. The van der Waals surface area contributed by atoms with E-state index in [0.717, 1.165) is 17.0 Å². The average Bonchev–Trinajstić information content (AvgIpc) is 3.59. The topological polar surface area (TPSA) is 104 Å². The molecule has 5 rings (SSSR count). The Bertz CT molecular complexity index is 1540. The molecule has 2 heterocycles. The molecule has 1 N–H and O–H groups in total. The van der Waals surface area contributed by atoms with E-state index < -0.39 is 18.0 Å². The van der Waals surface area contributed by atoms with E-state index in [4.69, 9.17) is 13.9 Å². The minimum Gasteiger partial charge on any atom is -0.494 e. The highest BCUT2D eigenvalue weighted by atomic mass is 32.1. The number of hydrogen-bond donors (Lipinski definition) is 1. The lowest BCUT2D eigenvalue weighted by Gasteiger charge is -2.16. The first kappa shape index (κ1) is 25.2. The van der Waals surface area contributed by atoms with Gasteiger partial charge in [-0.05, 0) is 61.9 Å². The fraction of sp³-hybridized carbons (Fsp3) is 0.172. The zero-order chi connectivity index (χ0) is 26.5. The first-order valence-electron chi connectivity index (χ1n) is 12.2. The van der Waals surface area contributed by atoms with E-state index in [-0.39, 0.29) is 5.56 Å². The van der Waals surface area contributed by atoms with Crippen LogP contribution in [0.4, 0.5) is 5.13 Å². The molecule has 0 aliphatic carbocycles. The Hall–Kier alpha value is -4.50. The number of hydrogen-bond acceptors (Lipinski definition) is 8. The molecule has 38 heavy (non-hydrogen) atoms. The molecule has 0 saturated carbocycles. The van der Waals surface area contributed by atoms with E-state index in [0.29, 0.717) is 40.7 Å². The molecule has 1 amide bonds. The van der Waals surface area contributed by atoms with E-state index in [1.807, 2.05) is 60.8 Å². The Balaban J connectivity index is 1.28. The van der Waals surface area contributed by atoms with Crippen LogP contribution in [-0.2, 0) is 9.53 Å². The molecule has 0 fully saturated rings. The summed E-state index contributed by atoms with van der Waals surface area (Å²) in [6, 6.07) is 21.8. The highest BCUT2D eigenvalue weighted by Crippen LogP contribution is 2.29. The van der Waals surface area contributed by atoms with Gasteiger partial charge >= 0.3 is 5.97 Å². The van der Waals surface area contributed by atoms with E-state index in [9.17, 15) is 9.59 Å².